The van der Waals surface area contributed by atoms with Crippen LogP contribution in [0.3, 0.4) is 0 Å². The van der Waals surface area contributed by atoms with Crippen LogP contribution in [0, 0.1) is 11.6 Å². The van der Waals surface area contributed by atoms with E-state index >= 15 is 0 Å². The molecule has 0 saturated carbocycles. The zero-order valence-corrected chi connectivity index (χ0v) is 11.8. The summed E-state index contributed by atoms with van der Waals surface area (Å²) in [5.74, 6) is -0.897. The van der Waals surface area contributed by atoms with Gasteiger partial charge >= 0.3 is 0 Å². The monoisotopic (exact) mass is 338 g/mol. The molecule has 1 atom stereocenters. The fraction of sp³-hybridized carbons (Fsp3) is 0.133. The molecule has 0 amide bonds. The van der Waals surface area contributed by atoms with Crippen LogP contribution in [0.2, 0.25) is 0 Å². The van der Waals surface area contributed by atoms with E-state index in [1.165, 1.54) is 18.2 Å². The van der Waals surface area contributed by atoms with Crippen molar-refractivity contribution in [2.24, 2.45) is 0 Å². The Labute approximate surface area is 122 Å². The van der Waals surface area contributed by atoms with Crippen molar-refractivity contribution in [2.75, 3.05) is 0 Å². The van der Waals surface area contributed by atoms with Crippen molar-refractivity contribution in [2.45, 2.75) is 12.5 Å². The summed E-state index contributed by atoms with van der Waals surface area (Å²) < 4.78 is 33.3. The summed E-state index contributed by atoms with van der Waals surface area (Å²) in [4.78, 5) is 12.0. The average Bonchev–Trinajstić information content (AvgIpc) is 2.42. The second kappa shape index (κ2) is 4.98. The minimum atomic E-state index is -0.696. The number of halogens is 3. The quantitative estimate of drug-likeness (QED) is 0.768. The van der Waals surface area contributed by atoms with Crippen molar-refractivity contribution in [1.82, 2.24) is 0 Å². The van der Waals surface area contributed by atoms with E-state index in [-0.39, 0.29) is 23.5 Å². The van der Waals surface area contributed by atoms with Crippen LogP contribution in [0.15, 0.2) is 40.9 Å². The zero-order valence-electron chi connectivity index (χ0n) is 10.2. The Morgan fingerprint density at radius 3 is 2.75 bits per heavy atom. The first-order valence-electron chi connectivity index (χ1n) is 5.99. The highest BCUT2D eigenvalue weighted by Crippen LogP contribution is 2.36. The molecule has 0 spiro atoms. The first-order chi connectivity index (χ1) is 9.54. The molecule has 0 N–H and O–H groups in total. The molecule has 1 aliphatic rings. The molecule has 0 saturated heterocycles. The molecule has 2 nitrogen and oxygen atoms in total. The Morgan fingerprint density at radius 2 is 1.95 bits per heavy atom. The number of carbonyl (C=O) groups is 1. The number of hydrogen-bond donors (Lipinski definition) is 0. The molecule has 3 rings (SSSR count). The highest BCUT2D eigenvalue weighted by molar-refractivity contribution is 9.10. The summed E-state index contributed by atoms with van der Waals surface area (Å²) >= 11 is 3.26. The van der Waals surface area contributed by atoms with Gasteiger partial charge in [0.25, 0.3) is 0 Å². The van der Waals surface area contributed by atoms with Crippen molar-refractivity contribution in [1.29, 1.82) is 0 Å². The Bertz CT molecular complexity index is 700. The van der Waals surface area contributed by atoms with Crippen molar-refractivity contribution in [3.63, 3.8) is 0 Å². The first-order valence-corrected chi connectivity index (χ1v) is 6.78. The summed E-state index contributed by atoms with van der Waals surface area (Å²) in [7, 11) is 0. The van der Waals surface area contributed by atoms with Crippen molar-refractivity contribution in [3.05, 3.63) is 63.6 Å². The smallest absolute Gasteiger partial charge is 0.170 e. The minimum Gasteiger partial charge on any atom is -0.484 e. The van der Waals surface area contributed by atoms with E-state index in [2.05, 4.69) is 15.9 Å². The van der Waals surface area contributed by atoms with Gasteiger partial charge in [-0.1, -0.05) is 15.9 Å². The number of Topliss-reactive ketones (excluding diaryl/α,β-unsaturated/α-hetero) is 1. The molecule has 2 aromatic carbocycles. The van der Waals surface area contributed by atoms with Crippen LogP contribution < -0.4 is 4.74 Å². The third-order valence-electron chi connectivity index (χ3n) is 3.19. The van der Waals surface area contributed by atoms with Crippen LogP contribution >= 0.6 is 15.9 Å². The Kier molecular flexibility index (Phi) is 3.30. The zero-order chi connectivity index (χ0) is 14.3. The van der Waals surface area contributed by atoms with Gasteiger partial charge < -0.3 is 4.74 Å². The highest BCUT2D eigenvalue weighted by atomic mass is 79.9. The molecular weight excluding hydrogens is 330 g/mol. The lowest BCUT2D eigenvalue weighted by atomic mass is 9.96. The summed E-state index contributed by atoms with van der Waals surface area (Å²) in [6.07, 6.45) is -0.706. The molecule has 5 heteroatoms. The van der Waals surface area contributed by atoms with E-state index < -0.39 is 17.7 Å². The van der Waals surface area contributed by atoms with E-state index in [1.807, 2.05) is 0 Å². The van der Waals surface area contributed by atoms with Crippen LogP contribution in [0.25, 0.3) is 0 Å². The van der Waals surface area contributed by atoms with Gasteiger partial charge in [-0.15, -0.1) is 0 Å². The minimum absolute atomic E-state index is 0.0101. The van der Waals surface area contributed by atoms with Gasteiger partial charge in [0.15, 0.2) is 5.78 Å². The maximum atomic E-state index is 13.8. The summed E-state index contributed by atoms with van der Waals surface area (Å²) in [6, 6.07) is 8.23. The summed E-state index contributed by atoms with van der Waals surface area (Å²) in [5.41, 5.74) is 0.513. The second-order valence-corrected chi connectivity index (χ2v) is 5.46. The fourth-order valence-electron chi connectivity index (χ4n) is 2.23. The van der Waals surface area contributed by atoms with Gasteiger partial charge in [0, 0.05) is 10.0 Å². The van der Waals surface area contributed by atoms with E-state index in [0.29, 0.717) is 10.0 Å². The Morgan fingerprint density at radius 1 is 1.15 bits per heavy atom. The first kappa shape index (κ1) is 13.2. The van der Waals surface area contributed by atoms with Gasteiger partial charge in [0.1, 0.15) is 23.5 Å². The molecule has 102 valence electrons. The normalized spacial score (nSPS) is 17.6. The predicted molar refractivity (Wildman–Crippen MR) is 72.8 cm³/mol. The Balaban J connectivity index is 2.01. The van der Waals surface area contributed by atoms with E-state index in [0.717, 1.165) is 6.07 Å². The van der Waals surface area contributed by atoms with E-state index in [4.69, 9.17) is 4.74 Å². The lowest BCUT2D eigenvalue weighted by Crippen LogP contribution is -2.21. The van der Waals surface area contributed by atoms with Crippen LogP contribution in [0.5, 0.6) is 5.75 Å². The predicted octanol–water partition coefficient (Wildman–Crippen LogP) is 4.43. The van der Waals surface area contributed by atoms with Crippen LogP contribution in [-0.4, -0.2) is 5.78 Å². The number of rotatable bonds is 1. The fourth-order valence-corrected chi connectivity index (χ4v) is 2.61. The van der Waals surface area contributed by atoms with Crippen molar-refractivity contribution in [3.8, 4) is 5.75 Å². The molecule has 0 fully saturated rings. The molecule has 0 radical (unpaired) electrons. The molecule has 1 aliphatic heterocycles. The van der Waals surface area contributed by atoms with Gasteiger partial charge in [-0.3, -0.25) is 4.79 Å². The number of ketones is 1. The second-order valence-electron chi connectivity index (χ2n) is 4.54. The van der Waals surface area contributed by atoms with Crippen LogP contribution in [0.4, 0.5) is 8.78 Å². The number of carbonyl (C=O) groups excluding carboxylic acids is 1. The lowest BCUT2D eigenvalue weighted by Gasteiger charge is -2.25. The van der Waals surface area contributed by atoms with Gasteiger partial charge in [-0.25, -0.2) is 8.78 Å². The molecular formula is C15H9BrF2O2. The van der Waals surface area contributed by atoms with Gasteiger partial charge in [0.05, 0.1) is 12.0 Å². The molecule has 1 unspecified atom stereocenters. The largest absolute Gasteiger partial charge is 0.484 e. The van der Waals surface area contributed by atoms with Gasteiger partial charge in [-0.2, -0.15) is 0 Å². The van der Waals surface area contributed by atoms with Crippen LogP contribution in [0.1, 0.15) is 28.4 Å². The number of benzene rings is 2. The molecule has 0 aromatic heterocycles. The molecule has 20 heavy (non-hydrogen) atoms. The highest BCUT2D eigenvalue weighted by Gasteiger charge is 2.29. The topological polar surface area (TPSA) is 26.3 Å². The van der Waals surface area contributed by atoms with Gasteiger partial charge in [0.2, 0.25) is 0 Å². The molecule has 0 aliphatic carbocycles. The van der Waals surface area contributed by atoms with E-state index in [9.17, 15) is 13.6 Å². The summed E-state index contributed by atoms with van der Waals surface area (Å²) in [6.45, 7) is 0. The van der Waals surface area contributed by atoms with E-state index in [1.54, 1.807) is 12.1 Å². The number of hydrogen-bond acceptors (Lipinski definition) is 2. The van der Waals surface area contributed by atoms with Crippen molar-refractivity contribution >= 4 is 21.7 Å². The third-order valence-corrected chi connectivity index (χ3v) is 3.68. The average molecular weight is 339 g/mol. The maximum absolute atomic E-state index is 13.8. The standard InChI is InChI=1S/C15H9BrF2O2/c16-8-1-3-12(18)10(5-8)15-7-13(19)11-6-9(17)2-4-14(11)20-15/h1-6,15H,7H2. The SMILES string of the molecule is O=C1CC(c2cc(Br)ccc2F)Oc2ccc(F)cc21. The molecule has 1 heterocycles. The Hall–Kier alpha value is -1.75. The molecule has 0 bridgehead atoms. The number of fused-ring (bicyclic) bond motifs is 1. The van der Waals surface area contributed by atoms with Gasteiger partial charge in [-0.05, 0) is 36.4 Å². The lowest BCUT2D eigenvalue weighted by molar-refractivity contribution is 0.0845. The van der Waals surface area contributed by atoms with Crippen molar-refractivity contribution < 1.29 is 18.3 Å². The maximum Gasteiger partial charge on any atom is 0.170 e. The number of ether oxygens (including phenoxy) is 1. The molecule has 2 aromatic rings. The van der Waals surface area contributed by atoms with Crippen LogP contribution in [-0.2, 0) is 0 Å². The summed E-state index contributed by atoms with van der Waals surface area (Å²) in [5, 5.41) is 0. The third kappa shape index (κ3) is 2.33.